The number of hydrogen-bond donors (Lipinski definition) is 2. The van der Waals surface area contributed by atoms with Crippen molar-refractivity contribution in [1.82, 2.24) is 15.5 Å². The summed E-state index contributed by atoms with van der Waals surface area (Å²) in [7, 11) is 1.54. The molecule has 108 valence electrons. The number of likely N-dealkylation sites (N-methyl/N-ethyl adjacent to an activating group) is 1. The standard InChI is InChI=1S/C14H18FN3O2/c1-9-7-10(15)3-4-11(9)14(20)18-6-5-17-8-12(18)13(19)16-2/h3-4,7,12,17H,5-6,8H2,1-2H3,(H,16,19). The van der Waals surface area contributed by atoms with E-state index in [0.29, 0.717) is 30.8 Å². The number of hydrogen-bond acceptors (Lipinski definition) is 3. The maximum Gasteiger partial charge on any atom is 0.254 e. The Morgan fingerprint density at radius 1 is 1.45 bits per heavy atom. The highest BCUT2D eigenvalue weighted by Crippen LogP contribution is 2.15. The zero-order valence-corrected chi connectivity index (χ0v) is 11.6. The molecule has 1 aliphatic rings. The lowest BCUT2D eigenvalue weighted by atomic mass is 10.0. The van der Waals surface area contributed by atoms with Crippen LogP contribution < -0.4 is 10.6 Å². The summed E-state index contributed by atoms with van der Waals surface area (Å²) in [5.41, 5.74) is 1.01. The third-order valence-corrected chi connectivity index (χ3v) is 3.47. The van der Waals surface area contributed by atoms with E-state index in [0.717, 1.165) is 0 Å². The zero-order valence-electron chi connectivity index (χ0n) is 11.6. The van der Waals surface area contributed by atoms with Crippen molar-refractivity contribution < 1.29 is 14.0 Å². The number of rotatable bonds is 2. The molecule has 1 atom stereocenters. The Hall–Kier alpha value is -1.95. The lowest BCUT2D eigenvalue weighted by Crippen LogP contribution is -2.59. The average Bonchev–Trinajstić information content (AvgIpc) is 2.46. The Labute approximate surface area is 117 Å². The van der Waals surface area contributed by atoms with Crippen LogP contribution in [-0.4, -0.2) is 49.4 Å². The summed E-state index contributed by atoms with van der Waals surface area (Å²) in [6.45, 7) is 3.20. The van der Waals surface area contributed by atoms with Crippen LogP contribution in [0, 0.1) is 12.7 Å². The van der Waals surface area contributed by atoms with E-state index in [1.54, 1.807) is 14.0 Å². The van der Waals surface area contributed by atoms with Gasteiger partial charge in [-0.1, -0.05) is 0 Å². The zero-order chi connectivity index (χ0) is 14.7. The summed E-state index contributed by atoms with van der Waals surface area (Å²) in [4.78, 5) is 25.9. The predicted octanol–water partition coefficient (Wildman–Crippen LogP) is 0.294. The van der Waals surface area contributed by atoms with Crippen molar-refractivity contribution in [3.63, 3.8) is 0 Å². The van der Waals surface area contributed by atoms with Crippen molar-refractivity contribution in [2.45, 2.75) is 13.0 Å². The number of piperazine rings is 1. The van der Waals surface area contributed by atoms with Gasteiger partial charge in [-0.3, -0.25) is 9.59 Å². The van der Waals surface area contributed by atoms with Gasteiger partial charge in [0.1, 0.15) is 11.9 Å². The Kier molecular flexibility index (Phi) is 4.34. The second kappa shape index (κ2) is 6.00. The molecule has 0 saturated carbocycles. The number of nitrogens with one attached hydrogen (secondary N) is 2. The Balaban J connectivity index is 2.27. The molecule has 20 heavy (non-hydrogen) atoms. The first-order valence-electron chi connectivity index (χ1n) is 6.54. The maximum absolute atomic E-state index is 13.1. The van der Waals surface area contributed by atoms with Gasteiger partial charge in [0.25, 0.3) is 5.91 Å². The lowest BCUT2D eigenvalue weighted by Gasteiger charge is -2.35. The molecular formula is C14H18FN3O2. The SMILES string of the molecule is CNC(=O)C1CNCCN1C(=O)c1ccc(F)cc1C. The van der Waals surface area contributed by atoms with Crippen LogP contribution in [0.3, 0.4) is 0 Å². The van der Waals surface area contributed by atoms with E-state index < -0.39 is 6.04 Å². The quantitative estimate of drug-likeness (QED) is 0.818. The molecule has 1 unspecified atom stereocenters. The lowest BCUT2D eigenvalue weighted by molar-refractivity contribution is -0.125. The van der Waals surface area contributed by atoms with Gasteiger partial charge < -0.3 is 15.5 Å². The number of carbonyl (C=O) groups excluding carboxylic acids is 2. The summed E-state index contributed by atoms with van der Waals surface area (Å²) in [5, 5.41) is 5.66. The first-order valence-corrected chi connectivity index (χ1v) is 6.54. The molecule has 2 rings (SSSR count). The monoisotopic (exact) mass is 279 g/mol. The number of amides is 2. The average molecular weight is 279 g/mol. The molecule has 1 heterocycles. The van der Waals surface area contributed by atoms with Crippen LogP contribution in [0.25, 0.3) is 0 Å². The van der Waals surface area contributed by atoms with Crippen LogP contribution in [-0.2, 0) is 4.79 Å². The van der Waals surface area contributed by atoms with Gasteiger partial charge >= 0.3 is 0 Å². The minimum Gasteiger partial charge on any atom is -0.357 e. The molecule has 2 N–H and O–H groups in total. The first kappa shape index (κ1) is 14.5. The van der Waals surface area contributed by atoms with Crippen LogP contribution in [0.5, 0.6) is 0 Å². The Morgan fingerprint density at radius 3 is 2.85 bits per heavy atom. The van der Waals surface area contributed by atoms with E-state index in [2.05, 4.69) is 10.6 Å². The van der Waals surface area contributed by atoms with Gasteiger partial charge in [-0.25, -0.2) is 4.39 Å². The van der Waals surface area contributed by atoms with Crippen molar-refractivity contribution in [2.75, 3.05) is 26.7 Å². The highest BCUT2D eigenvalue weighted by molar-refractivity contribution is 5.98. The molecule has 5 nitrogen and oxygen atoms in total. The van der Waals surface area contributed by atoms with Gasteiger partial charge in [-0.2, -0.15) is 0 Å². The normalized spacial score (nSPS) is 18.8. The van der Waals surface area contributed by atoms with Crippen molar-refractivity contribution in [3.05, 3.63) is 35.1 Å². The molecule has 0 spiro atoms. The molecule has 0 aromatic heterocycles. The highest BCUT2D eigenvalue weighted by atomic mass is 19.1. The summed E-state index contributed by atoms with van der Waals surface area (Å²) >= 11 is 0. The minimum atomic E-state index is -0.536. The molecular weight excluding hydrogens is 261 g/mol. The molecule has 0 bridgehead atoms. The highest BCUT2D eigenvalue weighted by Gasteiger charge is 2.32. The summed E-state index contributed by atoms with van der Waals surface area (Å²) in [6.07, 6.45) is 0. The second-order valence-corrected chi connectivity index (χ2v) is 4.79. The van der Waals surface area contributed by atoms with E-state index in [1.165, 1.54) is 23.1 Å². The fourth-order valence-corrected chi connectivity index (χ4v) is 2.37. The first-order chi connectivity index (χ1) is 9.54. The van der Waals surface area contributed by atoms with E-state index in [4.69, 9.17) is 0 Å². The summed E-state index contributed by atoms with van der Waals surface area (Å²) < 4.78 is 13.1. The van der Waals surface area contributed by atoms with Crippen molar-refractivity contribution in [2.24, 2.45) is 0 Å². The van der Waals surface area contributed by atoms with Crippen LogP contribution in [0.4, 0.5) is 4.39 Å². The fraction of sp³-hybridized carbons (Fsp3) is 0.429. The third-order valence-electron chi connectivity index (χ3n) is 3.47. The van der Waals surface area contributed by atoms with Gasteiger partial charge in [0.2, 0.25) is 5.91 Å². The molecule has 1 fully saturated rings. The van der Waals surface area contributed by atoms with Gasteiger partial charge in [-0.05, 0) is 30.7 Å². The predicted molar refractivity (Wildman–Crippen MR) is 72.9 cm³/mol. The Bertz CT molecular complexity index is 533. The number of aryl methyl sites for hydroxylation is 1. The van der Waals surface area contributed by atoms with Crippen LogP contribution in [0.15, 0.2) is 18.2 Å². The molecule has 0 radical (unpaired) electrons. The molecule has 0 aliphatic carbocycles. The minimum absolute atomic E-state index is 0.203. The number of benzene rings is 1. The van der Waals surface area contributed by atoms with Crippen molar-refractivity contribution >= 4 is 11.8 Å². The molecule has 1 aliphatic heterocycles. The summed E-state index contributed by atoms with van der Waals surface area (Å²) in [5.74, 6) is -0.815. The van der Waals surface area contributed by atoms with Crippen molar-refractivity contribution in [3.8, 4) is 0 Å². The van der Waals surface area contributed by atoms with Gasteiger partial charge in [0.15, 0.2) is 0 Å². The molecule has 1 aromatic rings. The van der Waals surface area contributed by atoms with E-state index in [-0.39, 0.29) is 17.6 Å². The van der Waals surface area contributed by atoms with Crippen LogP contribution in [0.1, 0.15) is 15.9 Å². The van der Waals surface area contributed by atoms with Crippen LogP contribution in [0.2, 0.25) is 0 Å². The van der Waals surface area contributed by atoms with Crippen molar-refractivity contribution in [1.29, 1.82) is 0 Å². The third kappa shape index (κ3) is 2.80. The van der Waals surface area contributed by atoms with E-state index in [1.807, 2.05) is 0 Å². The van der Waals surface area contributed by atoms with Gasteiger partial charge in [0.05, 0.1) is 0 Å². The number of carbonyl (C=O) groups is 2. The smallest absolute Gasteiger partial charge is 0.254 e. The van der Waals surface area contributed by atoms with Gasteiger partial charge in [0, 0.05) is 32.2 Å². The topological polar surface area (TPSA) is 61.4 Å². The number of halogens is 1. The largest absolute Gasteiger partial charge is 0.357 e. The summed E-state index contributed by atoms with van der Waals surface area (Å²) in [6, 6.07) is 3.52. The number of nitrogens with zero attached hydrogens (tertiary/aromatic N) is 1. The molecule has 6 heteroatoms. The molecule has 1 aromatic carbocycles. The Morgan fingerprint density at radius 2 is 2.20 bits per heavy atom. The fourth-order valence-electron chi connectivity index (χ4n) is 2.37. The molecule has 1 saturated heterocycles. The van der Waals surface area contributed by atoms with E-state index in [9.17, 15) is 14.0 Å². The van der Waals surface area contributed by atoms with Crippen LogP contribution >= 0.6 is 0 Å². The van der Waals surface area contributed by atoms with Gasteiger partial charge in [-0.15, -0.1) is 0 Å². The molecule has 2 amide bonds. The second-order valence-electron chi connectivity index (χ2n) is 4.79. The maximum atomic E-state index is 13.1. The van der Waals surface area contributed by atoms with E-state index >= 15 is 0 Å².